The third-order valence-corrected chi connectivity index (χ3v) is 12.3. The van der Waals surface area contributed by atoms with Crippen molar-refractivity contribution in [3.05, 3.63) is 99.0 Å². The quantitative estimate of drug-likeness (QED) is 0.172. The smallest absolute Gasteiger partial charge is 0.257 e. The molecule has 52 heavy (non-hydrogen) atoms. The summed E-state index contributed by atoms with van der Waals surface area (Å²) in [6.07, 6.45) is 5.60. The lowest BCUT2D eigenvalue weighted by atomic mass is 9.89. The van der Waals surface area contributed by atoms with E-state index in [1.807, 2.05) is 35.2 Å². The average molecular weight is 735 g/mol. The highest BCUT2D eigenvalue weighted by Crippen LogP contribution is 2.51. The molecule has 1 N–H and O–H groups in total. The van der Waals surface area contributed by atoms with E-state index in [1.165, 1.54) is 13.2 Å². The number of halogens is 2. The number of nitrogens with zero attached hydrogens (tertiary/aromatic N) is 5. The van der Waals surface area contributed by atoms with E-state index < -0.39 is 0 Å². The Labute approximate surface area is 307 Å². The maximum atomic E-state index is 14.5. The fourth-order valence-corrected chi connectivity index (χ4v) is 9.92. The number of pyridine rings is 2. The first kappa shape index (κ1) is 31.6. The molecule has 3 aliphatic heterocycles. The van der Waals surface area contributed by atoms with Crippen molar-refractivity contribution in [3.8, 4) is 33.4 Å². The minimum Gasteiger partial charge on any atom is -0.493 e. The molecule has 2 aromatic carbocycles. The summed E-state index contributed by atoms with van der Waals surface area (Å²) in [5.74, 6) is 2.18. The molecule has 0 saturated carbocycles. The number of ether oxygens (including phenoxy) is 2. The first-order valence-corrected chi connectivity index (χ1v) is 18.7. The van der Waals surface area contributed by atoms with E-state index >= 15 is 0 Å². The van der Waals surface area contributed by atoms with E-state index in [2.05, 4.69) is 21.6 Å². The van der Waals surface area contributed by atoms with Crippen LogP contribution in [0, 0.1) is 12.7 Å². The molecular formula is C39H32ClFN6O4S. The van der Waals surface area contributed by atoms with Gasteiger partial charge >= 0.3 is 0 Å². The summed E-state index contributed by atoms with van der Waals surface area (Å²) in [6.45, 7) is 2.93. The molecule has 0 spiro atoms. The number of fused-ring (bicyclic) bond motifs is 6. The Bertz CT molecular complexity index is 2470. The number of anilines is 1. The number of benzene rings is 2. The number of aromatic nitrogens is 4. The van der Waals surface area contributed by atoms with Gasteiger partial charge in [0.2, 0.25) is 11.8 Å². The highest BCUT2D eigenvalue weighted by molar-refractivity contribution is 7.23. The Morgan fingerprint density at radius 2 is 1.98 bits per heavy atom. The van der Waals surface area contributed by atoms with Crippen LogP contribution in [0.15, 0.2) is 53.1 Å². The molecule has 0 radical (unpaired) electrons. The van der Waals surface area contributed by atoms with E-state index in [1.54, 1.807) is 24.5 Å². The highest BCUT2D eigenvalue weighted by atomic mass is 35.5. The largest absolute Gasteiger partial charge is 0.493 e. The van der Waals surface area contributed by atoms with Crippen LogP contribution in [0.3, 0.4) is 0 Å². The predicted octanol–water partition coefficient (Wildman–Crippen LogP) is 8.63. The summed E-state index contributed by atoms with van der Waals surface area (Å²) in [5, 5.41) is 14.0. The van der Waals surface area contributed by atoms with E-state index in [4.69, 9.17) is 35.5 Å². The molecule has 1 amide bonds. The molecule has 10 nitrogen and oxygen atoms in total. The summed E-state index contributed by atoms with van der Waals surface area (Å²) >= 11 is 7.87. The lowest BCUT2D eigenvalue weighted by Gasteiger charge is -2.18. The van der Waals surface area contributed by atoms with Crippen LogP contribution in [-0.4, -0.2) is 51.2 Å². The molecule has 6 aromatic rings. The molecule has 0 bridgehead atoms. The van der Waals surface area contributed by atoms with Crippen LogP contribution in [0.1, 0.15) is 81.6 Å². The maximum absolute atomic E-state index is 14.5. The van der Waals surface area contributed by atoms with Crippen LogP contribution in [0.4, 0.5) is 10.2 Å². The van der Waals surface area contributed by atoms with Crippen molar-refractivity contribution in [2.45, 2.75) is 57.0 Å². The van der Waals surface area contributed by atoms with Crippen LogP contribution in [-0.2, 0) is 12.8 Å². The van der Waals surface area contributed by atoms with Gasteiger partial charge in [-0.2, -0.15) is 0 Å². The third kappa shape index (κ3) is 4.83. The molecule has 1 fully saturated rings. The Hall–Kier alpha value is -5.07. The molecule has 10 rings (SSSR count). The van der Waals surface area contributed by atoms with Crippen molar-refractivity contribution in [1.29, 1.82) is 0 Å². The summed E-state index contributed by atoms with van der Waals surface area (Å²) in [5.41, 5.74) is 6.58. The van der Waals surface area contributed by atoms with Crippen LogP contribution < -0.4 is 14.8 Å². The normalized spacial score (nSPS) is 19.9. The standard InChI is InChI=1S/C39H32ClFN6O4S/c1-18-45-46-38(51-18)31-27(14-20-17-50-29-16-21(40)5-6-22(20)29)43-34-28-4-3-13-47(28)39(48)33(34)32(31)30-15-19-11-12-42-37(36(19)52-30)44-26-10-8-24-23(26)7-9-25(41)35(24)49-2/h5-7,9,11-12,15-16,20,26,28H,3-4,8,10,13-14,17H2,1-2H3,(H,42,44)/t20-,26+,28?/m1/s1. The van der Waals surface area contributed by atoms with Gasteiger partial charge in [-0.1, -0.05) is 23.7 Å². The zero-order valence-corrected chi connectivity index (χ0v) is 29.9. The number of amides is 1. The number of carbonyl (C=O) groups is 1. The van der Waals surface area contributed by atoms with Gasteiger partial charge in [-0.3, -0.25) is 9.78 Å². The van der Waals surface area contributed by atoms with Gasteiger partial charge in [-0.15, -0.1) is 21.5 Å². The van der Waals surface area contributed by atoms with Crippen molar-refractivity contribution >= 4 is 44.7 Å². The molecule has 3 atom stereocenters. The molecular weight excluding hydrogens is 703 g/mol. The van der Waals surface area contributed by atoms with Gasteiger partial charge in [0.1, 0.15) is 11.6 Å². The number of hydrogen-bond acceptors (Lipinski definition) is 10. The Balaban J connectivity index is 1.14. The van der Waals surface area contributed by atoms with E-state index in [9.17, 15) is 9.18 Å². The second kappa shape index (κ2) is 12.0. The minimum absolute atomic E-state index is 0.00835. The van der Waals surface area contributed by atoms with Gasteiger partial charge in [0, 0.05) is 58.6 Å². The topological polar surface area (TPSA) is 116 Å². The molecule has 1 aliphatic carbocycles. The molecule has 4 aromatic heterocycles. The summed E-state index contributed by atoms with van der Waals surface area (Å²) < 4.78 is 33.2. The van der Waals surface area contributed by atoms with Gasteiger partial charge in [0.15, 0.2) is 11.6 Å². The molecule has 262 valence electrons. The zero-order chi connectivity index (χ0) is 35.2. The number of hydrogen-bond donors (Lipinski definition) is 1. The maximum Gasteiger partial charge on any atom is 0.257 e. The van der Waals surface area contributed by atoms with Crippen LogP contribution >= 0.6 is 22.9 Å². The summed E-state index contributed by atoms with van der Waals surface area (Å²) in [7, 11) is 1.51. The average Bonchev–Trinajstić information content (AvgIpc) is 3.99. The van der Waals surface area contributed by atoms with Gasteiger partial charge < -0.3 is 24.1 Å². The number of thiophene rings is 1. The van der Waals surface area contributed by atoms with Crippen LogP contribution in [0.5, 0.6) is 11.5 Å². The second-order valence-electron chi connectivity index (χ2n) is 13.8. The minimum atomic E-state index is -0.356. The first-order valence-electron chi connectivity index (χ1n) is 17.5. The molecule has 1 saturated heterocycles. The van der Waals surface area contributed by atoms with Crippen molar-refractivity contribution in [2.24, 2.45) is 0 Å². The Kier molecular flexibility index (Phi) is 7.30. The predicted molar refractivity (Wildman–Crippen MR) is 195 cm³/mol. The molecule has 4 aliphatic rings. The Morgan fingerprint density at radius 3 is 2.83 bits per heavy atom. The number of methoxy groups -OCH3 is 1. The van der Waals surface area contributed by atoms with Gasteiger partial charge in [0.25, 0.3) is 5.91 Å². The second-order valence-corrected chi connectivity index (χ2v) is 15.3. The lowest BCUT2D eigenvalue weighted by Crippen LogP contribution is -2.22. The zero-order valence-electron chi connectivity index (χ0n) is 28.3. The molecule has 7 heterocycles. The van der Waals surface area contributed by atoms with E-state index in [0.717, 1.165) is 79.4 Å². The van der Waals surface area contributed by atoms with Crippen molar-refractivity contribution in [1.82, 2.24) is 25.1 Å². The SMILES string of the molecule is COc1c(F)ccc2c1CC[C@@H]2Nc1nccc2cc(-c3c4c(nc(C[C@@H]5COc6cc(Cl)ccc65)c3-c3nnc(C)o3)C3CCCN3C4=O)sc12. The fourth-order valence-electron chi connectivity index (χ4n) is 8.59. The summed E-state index contributed by atoms with van der Waals surface area (Å²) in [4.78, 5) is 27.3. The number of aryl methyl sites for hydroxylation is 1. The van der Waals surface area contributed by atoms with Crippen molar-refractivity contribution < 1.29 is 23.1 Å². The van der Waals surface area contributed by atoms with Crippen molar-refractivity contribution in [2.75, 3.05) is 25.6 Å². The van der Waals surface area contributed by atoms with Crippen LogP contribution in [0.2, 0.25) is 5.02 Å². The van der Waals surface area contributed by atoms with E-state index in [0.29, 0.717) is 59.7 Å². The monoisotopic (exact) mass is 734 g/mol. The van der Waals surface area contributed by atoms with Crippen LogP contribution in [0.25, 0.3) is 32.0 Å². The third-order valence-electron chi connectivity index (χ3n) is 10.9. The summed E-state index contributed by atoms with van der Waals surface area (Å²) in [6, 6.07) is 13.0. The van der Waals surface area contributed by atoms with Crippen molar-refractivity contribution in [3.63, 3.8) is 0 Å². The number of rotatable bonds is 7. The van der Waals surface area contributed by atoms with Gasteiger partial charge in [-0.05, 0) is 67.0 Å². The number of nitrogens with one attached hydrogen (secondary N) is 1. The fraction of sp³-hybridized carbons (Fsp3) is 0.308. The lowest BCUT2D eigenvalue weighted by molar-refractivity contribution is 0.0776. The van der Waals surface area contributed by atoms with Gasteiger partial charge in [-0.25, -0.2) is 9.37 Å². The molecule has 1 unspecified atom stereocenters. The first-order chi connectivity index (χ1) is 25.4. The Morgan fingerprint density at radius 1 is 1.10 bits per heavy atom. The molecule has 13 heteroatoms. The van der Waals surface area contributed by atoms with E-state index in [-0.39, 0.29) is 29.7 Å². The number of carbonyl (C=O) groups excluding carboxylic acids is 1. The van der Waals surface area contributed by atoms with Gasteiger partial charge in [0.05, 0.1) is 53.0 Å². The highest BCUT2D eigenvalue weighted by Gasteiger charge is 2.45.